The molecular weight excluding hydrogens is 256 g/mol. The molecule has 0 saturated carbocycles. The highest BCUT2D eigenvalue weighted by Gasteiger charge is 2.17. The average Bonchev–Trinajstić information content (AvgIpc) is 2.47. The van der Waals surface area contributed by atoms with Gasteiger partial charge in [-0.3, -0.25) is 0 Å². The Morgan fingerprint density at radius 2 is 1.75 bits per heavy atom. The summed E-state index contributed by atoms with van der Waals surface area (Å²) in [4.78, 5) is 17.5. The molecule has 0 aliphatic rings. The van der Waals surface area contributed by atoms with Crippen LogP contribution >= 0.6 is 0 Å². The van der Waals surface area contributed by atoms with Crippen LogP contribution in [0.2, 0.25) is 0 Å². The van der Waals surface area contributed by atoms with Crippen molar-refractivity contribution in [1.29, 1.82) is 0 Å². The van der Waals surface area contributed by atoms with Gasteiger partial charge in [0.2, 0.25) is 17.8 Å². The lowest BCUT2D eigenvalue weighted by Crippen LogP contribution is -2.35. The van der Waals surface area contributed by atoms with Crippen molar-refractivity contribution in [2.24, 2.45) is 0 Å². The fraction of sp³-hybridized carbons (Fsp3) is 0.769. The number of hydrogen-bond donors (Lipinski definition) is 1. The van der Waals surface area contributed by atoms with E-state index < -0.39 is 0 Å². The molecule has 1 unspecified atom stereocenters. The second-order valence-electron chi connectivity index (χ2n) is 4.60. The van der Waals surface area contributed by atoms with Crippen LogP contribution in [-0.4, -0.2) is 61.9 Å². The molecule has 1 N–H and O–H groups in total. The van der Waals surface area contributed by atoms with Gasteiger partial charge in [-0.25, -0.2) is 0 Å². The van der Waals surface area contributed by atoms with Gasteiger partial charge in [0.05, 0.1) is 12.6 Å². The van der Waals surface area contributed by atoms with Crippen molar-refractivity contribution in [3.63, 3.8) is 0 Å². The molecule has 0 fully saturated rings. The zero-order chi connectivity index (χ0) is 15.1. The van der Waals surface area contributed by atoms with Crippen LogP contribution in [0.4, 0.5) is 17.8 Å². The van der Waals surface area contributed by atoms with Gasteiger partial charge < -0.3 is 19.9 Å². The highest BCUT2D eigenvalue weighted by molar-refractivity contribution is 5.45. The first-order valence-electron chi connectivity index (χ1n) is 6.97. The predicted octanol–water partition coefficient (Wildman–Crippen LogP) is 1.23. The maximum atomic E-state index is 5.18. The molecule has 0 amide bonds. The molecule has 0 bridgehead atoms. The summed E-state index contributed by atoms with van der Waals surface area (Å²) in [5.41, 5.74) is 0. The zero-order valence-corrected chi connectivity index (χ0v) is 13.3. The second-order valence-corrected chi connectivity index (χ2v) is 4.60. The summed E-state index contributed by atoms with van der Waals surface area (Å²) in [6.07, 6.45) is 0. The average molecular weight is 282 g/mol. The Labute approximate surface area is 121 Å². The van der Waals surface area contributed by atoms with Crippen molar-refractivity contribution in [2.75, 3.05) is 56.0 Å². The molecule has 0 aliphatic carbocycles. The number of ether oxygens (including phenoxy) is 1. The first kappa shape index (κ1) is 16.4. The van der Waals surface area contributed by atoms with Crippen molar-refractivity contribution in [2.45, 2.75) is 26.8 Å². The number of methoxy groups -OCH3 is 1. The van der Waals surface area contributed by atoms with E-state index in [1.165, 1.54) is 0 Å². The van der Waals surface area contributed by atoms with Crippen LogP contribution in [0.1, 0.15) is 20.8 Å². The van der Waals surface area contributed by atoms with Gasteiger partial charge >= 0.3 is 0 Å². The Morgan fingerprint density at radius 3 is 2.25 bits per heavy atom. The minimum absolute atomic E-state index is 0.191. The van der Waals surface area contributed by atoms with E-state index in [1.54, 1.807) is 7.11 Å². The number of anilines is 3. The van der Waals surface area contributed by atoms with E-state index in [-0.39, 0.29) is 6.04 Å². The molecular formula is C13H26N6O. The van der Waals surface area contributed by atoms with E-state index in [1.807, 2.05) is 19.0 Å². The molecule has 0 saturated heterocycles. The topological polar surface area (TPSA) is 66.4 Å². The molecule has 1 aromatic heterocycles. The fourth-order valence-electron chi connectivity index (χ4n) is 1.82. The largest absolute Gasteiger partial charge is 0.383 e. The SMILES string of the molecule is CCN(CC)c1nc(NC)nc(N(C)C(C)COC)n1. The summed E-state index contributed by atoms with van der Waals surface area (Å²) in [5, 5.41) is 2.99. The minimum Gasteiger partial charge on any atom is -0.383 e. The van der Waals surface area contributed by atoms with E-state index >= 15 is 0 Å². The molecule has 20 heavy (non-hydrogen) atoms. The lowest BCUT2D eigenvalue weighted by atomic mass is 10.3. The standard InChI is InChI=1S/C13H26N6O/c1-7-19(8-2)13-16-11(14-4)15-12(17-13)18(5)10(3)9-20-6/h10H,7-9H2,1-6H3,(H,14,15,16,17). The maximum Gasteiger partial charge on any atom is 0.232 e. The van der Waals surface area contributed by atoms with Gasteiger partial charge in [-0.15, -0.1) is 0 Å². The van der Waals surface area contributed by atoms with Crippen LogP contribution in [0.25, 0.3) is 0 Å². The Hall–Kier alpha value is -1.63. The molecule has 0 radical (unpaired) electrons. The van der Waals surface area contributed by atoms with Gasteiger partial charge in [-0.2, -0.15) is 15.0 Å². The third kappa shape index (κ3) is 3.93. The van der Waals surface area contributed by atoms with Gasteiger partial charge in [0.25, 0.3) is 0 Å². The Bertz CT molecular complexity index is 410. The van der Waals surface area contributed by atoms with Crippen LogP contribution in [-0.2, 0) is 4.74 Å². The smallest absolute Gasteiger partial charge is 0.232 e. The molecule has 7 nitrogen and oxygen atoms in total. The monoisotopic (exact) mass is 282 g/mol. The zero-order valence-electron chi connectivity index (χ0n) is 13.3. The van der Waals surface area contributed by atoms with Crippen molar-refractivity contribution < 1.29 is 4.74 Å². The molecule has 7 heteroatoms. The van der Waals surface area contributed by atoms with E-state index in [0.717, 1.165) is 13.1 Å². The minimum atomic E-state index is 0.191. The first-order valence-corrected chi connectivity index (χ1v) is 6.97. The fourth-order valence-corrected chi connectivity index (χ4v) is 1.82. The van der Waals surface area contributed by atoms with Crippen LogP contribution in [0.3, 0.4) is 0 Å². The Balaban J connectivity index is 3.09. The Morgan fingerprint density at radius 1 is 1.15 bits per heavy atom. The molecule has 0 aromatic carbocycles. The normalized spacial score (nSPS) is 12.1. The third-order valence-corrected chi connectivity index (χ3v) is 3.27. The maximum absolute atomic E-state index is 5.18. The summed E-state index contributed by atoms with van der Waals surface area (Å²) in [7, 11) is 5.46. The molecule has 114 valence electrons. The van der Waals surface area contributed by atoms with E-state index in [2.05, 4.69) is 45.9 Å². The lowest BCUT2D eigenvalue weighted by molar-refractivity contribution is 0.183. The molecule has 1 aromatic rings. The molecule has 0 aliphatic heterocycles. The molecule has 0 spiro atoms. The molecule has 1 rings (SSSR count). The number of rotatable bonds is 8. The van der Waals surface area contributed by atoms with Gasteiger partial charge in [0.1, 0.15) is 0 Å². The van der Waals surface area contributed by atoms with Crippen LogP contribution in [0.5, 0.6) is 0 Å². The molecule has 1 heterocycles. The van der Waals surface area contributed by atoms with Crippen LogP contribution < -0.4 is 15.1 Å². The van der Waals surface area contributed by atoms with Crippen LogP contribution in [0, 0.1) is 0 Å². The Kier molecular flexibility index (Phi) is 6.44. The second kappa shape index (κ2) is 7.84. The summed E-state index contributed by atoms with van der Waals surface area (Å²) in [5.74, 6) is 1.92. The van der Waals surface area contributed by atoms with Gasteiger partial charge in [0.15, 0.2) is 0 Å². The number of nitrogens with one attached hydrogen (secondary N) is 1. The summed E-state index contributed by atoms with van der Waals surface area (Å²) >= 11 is 0. The van der Waals surface area contributed by atoms with E-state index in [4.69, 9.17) is 4.74 Å². The van der Waals surface area contributed by atoms with E-state index in [9.17, 15) is 0 Å². The van der Waals surface area contributed by atoms with Gasteiger partial charge in [-0.1, -0.05) is 0 Å². The highest BCUT2D eigenvalue weighted by Crippen LogP contribution is 2.17. The highest BCUT2D eigenvalue weighted by atomic mass is 16.5. The van der Waals surface area contributed by atoms with Crippen molar-refractivity contribution in [1.82, 2.24) is 15.0 Å². The number of nitrogens with zero attached hydrogens (tertiary/aromatic N) is 5. The van der Waals surface area contributed by atoms with Crippen molar-refractivity contribution >= 4 is 17.8 Å². The summed E-state index contributed by atoms with van der Waals surface area (Å²) in [6.45, 7) is 8.59. The van der Waals surface area contributed by atoms with Crippen molar-refractivity contribution in [3.8, 4) is 0 Å². The number of hydrogen-bond acceptors (Lipinski definition) is 7. The number of aromatic nitrogens is 3. The first-order chi connectivity index (χ1) is 9.57. The van der Waals surface area contributed by atoms with Crippen molar-refractivity contribution in [3.05, 3.63) is 0 Å². The quantitative estimate of drug-likeness (QED) is 0.769. The summed E-state index contributed by atoms with van der Waals surface area (Å²) < 4.78 is 5.18. The lowest BCUT2D eigenvalue weighted by Gasteiger charge is -2.26. The van der Waals surface area contributed by atoms with Crippen LogP contribution in [0.15, 0.2) is 0 Å². The third-order valence-electron chi connectivity index (χ3n) is 3.27. The van der Waals surface area contributed by atoms with Gasteiger partial charge in [0, 0.05) is 34.3 Å². The predicted molar refractivity (Wildman–Crippen MR) is 82.7 cm³/mol. The summed E-state index contributed by atoms with van der Waals surface area (Å²) in [6, 6.07) is 0.191. The van der Waals surface area contributed by atoms with E-state index in [0.29, 0.717) is 24.5 Å². The molecule has 1 atom stereocenters. The number of likely N-dealkylation sites (N-methyl/N-ethyl adjacent to an activating group) is 1. The van der Waals surface area contributed by atoms with Gasteiger partial charge in [-0.05, 0) is 20.8 Å².